The summed E-state index contributed by atoms with van der Waals surface area (Å²) in [7, 11) is 0. The van der Waals surface area contributed by atoms with E-state index in [0.717, 1.165) is 5.56 Å². The van der Waals surface area contributed by atoms with Crippen LogP contribution in [-0.4, -0.2) is 10.5 Å². The summed E-state index contributed by atoms with van der Waals surface area (Å²) < 4.78 is 1.54. The van der Waals surface area contributed by atoms with Gasteiger partial charge in [0.2, 0.25) is 5.91 Å². The number of anilines is 1. The van der Waals surface area contributed by atoms with Gasteiger partial charge in [0.05, 0.1) is 12.2 Å². The summed E-state index contributed by atoms with van der Waals surface area (Å²) >= 11 is 5.81. The molecule has 0 spiro atoms. The smallest absolute Gasteiger partial charge is 0.250 e. The zero-order valence-electron chi connectivity index (χ0n) is 10.4. The van der Waals surface area contributed by atoms with Crippen LogP contribution in [0.15, 0.2) is 47.4 Å². The van der Waals surface area contributed by atoms with Crippen LogP contribution in [0.3, 0.4) is 0 Å². The van der Waals surface area contributed by atoms with E-state index in [-0.39, 0.29) is 11.5 Å². The van der Waals surface area contributed by atoms with Crippen molar-refractivity contribution in [2.75, 3.05) is 5.32 Å². The van der Waals surface area contributed by atoms with Crippen LogP contribution in [0.25, 0.3) is 0 Å². The van der Waals surface area contributed by atoms with Gasteiger partial charge in [-0.3, -0.25) is 9.59 Å². The molecule has 0 aliphatic heterocycles. The van der Waals surface area contributed by atoms with E-state index >= 15 is 0 Å². The molecule has 1 N–H and O–H groups in total. The molecule has 98 valence electrons. The predicted octanol–water partition coefficient (Wildman–Crippen LogP) is 2.51. The Morgan fingerprint density at radius 3 is 2.53 bits per heavy atom. The van der Waals surface area contributed by atoms with E-state index in [2.05, 4.69) is 5.32 Å². The highest BCUT2D eigenvalue weighted by Gasteiger charge is 2.01. The Morgan fingerprint density at radius 2 is 1.89 bits per heavy atom. The molecule has 0 aliphatic carbocycles. The first-order valence-corrected chi connectivity index (χ1v) is 6.15. The van der Waals surface area contributed by atoms with Crippen LogP contribution < -0.4 is 10.9 Å². The molecule has 0 saturated carbocycles. The van der Waals surface area contributed by atoms with Gasteiger partial charge in [-0.05, 0) is 23.8 Å². The molecule has 0 aliphatic rings. The normalized spacial score (nSPS) is 10.2. The number of aromatic nitrogens is 1. The van der Waals surface area contributed by atoms with Gasteiger partial charge in [0.15, 0.2) is 0 Å². The number of hydrogen-bond donors (Lipinski definition) is 1. The third kappa shape index (κ3) is 3.69. The molecule has 0 atom stereocenters. The summed E-state index contributed by atoms with van der Waals surface area (Å²) in [4.78, 5) is 22.7. The second kappa shape index (κ2) is 5.71. The Labute approximate surface area is 115 Å². The van der Waals surface area contributed by atoms with Gasteiger partial charge in [0, 0.05) is 24.2 Å². The maximum absolute atomic E-state index is 11.8. The molecule has 5 heteroatoms. The molecule has 1 aromatic carbocycles. The second-order valence-corrected chi connectivity index (χ2v) is 4.63. The average Bonchev–Trinajstić information content (AvgIpc) is 2.35. The Morgan fingerprint density at radius 1 is 1.21 bits per heavy atom. The number of nitrogens with zero attached hydrogens (tertiary/aromatic N) is 1. The number of hydrogen-bond acceptors (Lipinski definition) is 2. The van der Waals surface area contributed by atoms with Gasteiger partial charge in [-0.15, -0.1) is 0 Å². The van der Waals surface area contributed by atoms with Gasteiger partial charge < -0.3 is 9.88 Å². The van der Waals surface area contributed by atoms with Gasteiger partial charge in [-0.2, -0.15) is 0 Å². The average molecular weight is 277 g/mol. The summed E-state index contributed by atoms with van der Waals surface area (Å²) in [5, 5.41) is 3.30. The summed E-state index contributed by atoms with van der Waals surface area (Å²) in [6.07, 6.45) is 1.62. The lowest BCUT2D eigenvalue weighted by molar-refractivity contribution is -0.114. The first-order valence-electron chi connectivity index (χ1n) is 5.77. The Hall–Kier alpha value is -2.07. The van der Waals surface area contributed by atoms with E-state index in [9.17, 15) is 9.59 Å². The highest BCUT2D eigenvalue weighted by molar-refractivity contribution is 6.30. The third-order valence-electron chi connectivity index (χ3n) is 2.57. The van der Waals surface area contributed by atoms with Crippen LogP contribution in [0, 0.1) is 0 Å². The molecule has 0 unspecified atom stereocenters. The van der Waals surface area contributed by atoms with Gasteiger partial charge in [0.25, 0.3) is 5.56 Å². The Bertz CT molecular complexity index is 647. The van der Waals surface area contributed by atoms with Crippen LogP contribution in [0.1, 0.15) is 12.5 Å². The van der Waals surface area contributed by atoms with Crippen LogP contribution in [-0.2, 0) is 11.3 Å². The fourth-order valence-electron chi connectivity index (χ4n) is 1.72. The van der Waals surface area contributed by atoms with Gasteiger partial charge in [-0.1, -0.05) is 23.7 Å². The molecule has 0 radical (unpaired) electrons. The second-order valence-electron chi connectivity index (χ2n) is 4.19. The molecule has 4 nitrogen and oxygen atoms in total. The number of carbonyl (C=O) groups is 1. The van der Waals surface area contributed by atoms with Crippen LogP contribution in [0.4, 0.5) is 5.69 Å². The van der Waals surface area contributed by atoms with E-state index in [4.69, 9.17) is 11.6 Å². The van der Waals surface area contributed by atoms with Crippen LogP contribution in [0.5, 0.6) is 0 Å². The zero-order valence-corrected chi connectivity index (χ0v) is 11.1. The number of rotatable bonds is 3. The first kappa shape index (κ1) is 13.4. The van der Waals surface area contributed by atoms with Gasteiger partial charge >= 0.3 is 0 Å². The van der Waals surface area contributed by atoms with Crippen molar-refractivity contribution >= 4 is 23.2 Å². The van der Waals surface area contributed by atoms with Crippen molar-refractivity contribution in [3.63, 3.8) is 0 Å². The molecular weight excluding hydrogens is 264 g/mol. The Balaban J connectivity index is 2.26. The number of amides is 1. The minimum atomic E-state index is -0.170. The van der Waals surface area contributed by atoms with E-state index < -0.39 is 0 Å². The molecular formula is C14H13ClN2O2. The molecule has 2 rings (SSSR count). The molecule has 1 heterocycles. The zero-order chi connectivity index (χ0) is 13.8. The lowest BCUT2D eigenvalue weighted by atomic mass is 10.2. The summed E-state index contributed by atoms with van der Waals surface area (Å²) in [6.45, 7) is 1.86. The standard InChI is InChI=1S/C14H13ClN2O2/c1-10(18)16-13-6-7-14(19)17(9-13)8-11-2-4-12(15)5-3-11/h2-7,9H,8H2,1H3,(H,16,18). The lowest BCUT2D eigenvalue weighted by Gasteiger charge is -2.08. The number of carbonyl (C=O) groups excluding carboxylic acids is 1. The van der Waals surface area contributed by atoms with Crippen molar-refractivity contribution in [2.24, 2.45) is 0 Å². The third-order valence-corrected chi connectivity index (χ3v) is 2.82. The predicted molar refractivity (Wildman–Crippen MR) is 75.6 cm³/mol. The Kier molecular flexibility index (Phi) is 4.02. The quantitative estimate of drug-likeness (QED) is 0.936. The van der Waals surface area contributed by atoms with Gasteiger partial charge in [-0.25, -0.2) is 0 Å². The molecule has 19 heavy (non-hydrogen) atoms. The highest BCUT2D eigenvalue weighted by atomic mass is 35.5. The number of benzene rings is 1. The van der Waals surface area contributed by atoms with Crippen molar-refractivity contribution in [1.82, 2.24) is 4.57 Å². The molecule has 2 aromatic rings. The summed E-state index contributed by atoms with van der Waals surface area (Å²) in [5.41, 5.74) is 1.44. The number of nitrogens with one attached hydrogen (secondary N) is 1. The van der Waals surface area contributed by atoms with Crippen molar-refractivity contribution < 1.29 is 4.79 Å². The minimum absolute atomic E-state index is 0.121. The number of halogens is 1. The SMILES string of the molecule is CC(=O)Nc1ccc(=O)n(Cc2ccc(Cl)cc2)c1. The fraction of sp³-hybridized carbons (Fsp3) is 0.143. The fourth-order valence-corrected chi connectivity index (χ4v) is 1.84. The van der Waals surface area contributed by atoms with Crippen molar-refractivity contribution in [2.45, 2.75) is 13.5 Å². The first-order chi connectivity index (χ1) is 9.04. The highest BCUT2D eigenvalue weighted by Crippen LogP contribution is 2.11. The number of pyridine rings is 1. The van der Waals surface area contributed by atoms with E-state index in [1.54, 1.807) is 24.4 Å². The topological polar surface area (TPSA) is 51.1 Å². The molecule has 1 aromatic heterocycles. The van der Waals surface area contributed by atoms with Crippen molar-refractivity contribution in [1.29, 1.82) is 0 Å². The van der Waals surface area contributed by atoms with Crippen LogP contribution >= 0.6 is 11.6 Å². The monoisotopic (exact) mass is 276 g/mol. The van der Waals surface area contributed by atoms with Gasteiger partial charge in [0.1, 0.15) is 0 Å². The van der Waals surface area contributed by atoms with Crippen LogP contribution in [0.2, 0.25) is 5.02 Å². The van der Waals surface area contributed by atoms with E-state index in [0.29, 0.717) is 17.3 Å². The van der Waals surface area contributed by atoms with E-state index in [1.807, 2.05) is 12.1 Å². The summed E-state index contributed by atoms with van der Waals surface area (Å²) in [5.74, 6) is -0.170. The molecule has 0 fully saturated rings. The molecule has 0 saturated heterocycles. The molecule has 0 bridgehead atoms. The lowest BCUT2D eigenvalue weighted by Crippen LogP contribution is -2.20. The summed E-state index contributed by atoms with van der Waals surface area (Å²) in [6, 6.07) is 10.3. The van der Waals surface area contributed by atoms with Crippen molar-refractivity contribution in [3.8, 4) is 0 Å². The van der Waals surface area contributed by atoms with Crippen molar-refractivity contribution in [3.05, 3.63) is 63.5 Å². The maximum Gasteiger partial charge on any atom is 0.250 e. The van der Waals surface area contributed by atoms with E-state index in [1.165, 1.54) is 17.6 Å². The minimum Gasteiger partial charge on any atom is -0.325 e. The largest absolute Gasteiger partial charge is 0.325 e. The maximum atomic E-state index is 11.8. The molecule has 1 amide bonds.